The van der Waals surface area contributed by atoms with Crippen molar-refractivity contribution in [1.82, 2.24) is 0 Å². The van der Waals surface area contributed by atoms with Crippen molar-refractivity contribution < 1.29 is 16.6 Å². The summed E-state index contributed by atoms with van der Waals surface area (Å²) >= 11 is -1.72. The topological polar surface area (TPSA) is 0 Å². The van der Waals surface area contributed by atoms with E-state index < -0.39 is 16.6 Å². The molecule has 0 aliphatic rings. The number of hydrogen-bond donors (Lipinski definition) is 0. The molecular formula is C32H68Ti. The van der Waals surface area contributed by atoms with Crippen LogP contribution in [0.1, 0.15) is 158 Å². The van der Waals surface area contributed by atoms with Gasteiger partial charge in [0.25, 0.3) is 0 Å². The summed E-state index contributed by atoms with van der Waals surface area (Å²) in [6.45, 7) is 19.2. The first-order valence-electron chi connectivity index (χ1n) is 15.7. The summed E-state index contributed by atoms with van der Waals surface area (Å²) in [5, 5.41) is 0. The number of unbranched alkanes of at least 4 members (excludes halogenated alkanes) is 8. The molecule has 0 aliphatic carbocycles. The van der Waals surface area contributed by atoms with Gasteiger partial charge in [0.15, 0.2) is 0 Å². The van der Waals surface area contributed by atoms with Gasteiger partial charge in [-0.05, 0) is 0 Å². The van der Waals surface area contributed by atoms with Crippen LogP contribution < -0.4 is 0 Å². The van der Waals surface area contributed by atoms with Gasteiger partial charge in [0.05, 0.1) is 0 Å². The zero-order valence-corrected chi connectivity index (χ0v) is 26.5. The minimum absolute atomic E-state index is 0.888. The summed E-state index contributed by atoms with van der Waals surface area (Å²) in [6.07, 6.45) is 24.0. The fraction of sp³-hybridized carbons (Fsp3) is 1.00. The molecule has 0 aromatic heterocycles. The molecule has 0 N–H and O–H groups in total. The van der Waals surface area contributed by atoms with Crippen LogP contribution in [0.4, 0.5) is 0 Å². The van der Waals surface area contributed by atoms with Crippen molar-refractivity contribution >= 4 is 0 Å². The molecule has 0 unspecified atom stereocenters. The predicted molar refractivity (Wildman–Crippen MR) is 152 cm³/mol. The summed E-state index contributed by atoms with van der Waals surface area (Å²) < 4.78 is 6.82. The first-order chi connectivity index (χ1) is 15.7. The molecule has 0 atom stereocenters. The zero-order valence-electron chi connectivity index (χ0n) is 25.0. The van der Waals surface area contributed by atoms with Gasteiger partial charge in [-0.3, -0.25) is 0 Å². The van der Waals surface area contributed by atoms with E-state index in [0.29, 0.717) is 0 Å². The van der Waals surface area contributed by atoms with Gasteiger partial charge in [-0.1, -0.05) is 0 Å². The number of hydrogen-bond acceptors (Lipinski definition) is 0. The van der Waals surface area contributed by atoms with E-state index in [1.807, 2.05) is 0 Å². The second kappa shape index (κ2) is 22.0. The molecular weight excluding hydrogens is 432 g/mol. The standard InChI is InChI=1S/4C8H17.Ti/c4*1-4-5-6-7-8(2)3;/h4*8H,1,4-7H2,2-3H3;. The van der Waals surface area contributed by atoms with E-state index in [4.69, 9.17) is 0 Å². The first kappa shape index (κ1) is 33.7. The van der Waals surface area contributed by atoms with Crippen LogP contribution in [0.15, 0.2) is 0 Å². The van der Waals surface area contributed by atoms with Gasteiger partial charge >= 0.3 is 217 Å². The summed E-state index contributed by atoms with van der Waals surface area (Å²) in [5.41, 5.74) is 0. The maximum atomic E-state index is 2.40. The van der Waals surface area contributed by atoms with E-state index in [1.54, 1.807) is 44.6 Å². The third kappa shape index (κ3) is 22.9. The molecule has 0 heterocycles. The monoisotopic (exact) mass is 500 g/mol. The molecule has 0 rings (SSSR count). The maximum absolute atomic E-state index is 2.40. The van der Waals surface area contributed by atoms with Crippen molar-refractivity contribution in [3.8, 4) is 0 Å². The third-order valence-electron chi connectivity index (χ3n) is 7.95. The van der Waals surface area contributed by atoms with Crippen LogP contribution in [-0.2, 0) is 16.6 Å². The van der Waals surface area contributed by atoms with Crippen molar-refractivity contribution in [3.63, 3.8) is 0 Å². The van der Waals surface area contributed by atoms with Crippen LogP contribution in [0.5, 0.6) is 0 Å². The van der Waals surface area contributed by atoms with Crippen LogP contribution in [0.25, 0.3) is 0 Å². The minimum atomic E-state index is -1.72. The molecule has 0 amide bonds. The average Bonchev–Trinajstić information content (AvgIpc) is 2.71. The van der Waals surface area contributed by atoms with Crippen LogP contribution in [-0.4, -0.2) is 0 Å². The molecule has 33 heavy (non-hydrogen) atoms. The molecule has 0 aliphatic heterocycles. The fourth-order valence-electron chi connectivity index (χ4n) is 5.67. The Morgan fingerprint density at radius 2 is 0.515 bits per heavy atom. The van der Waals surface area contributed by atoms with Gasteiger partial charge in [-0.25, -0.2) is 0 Å². The Hall–Kier alpha value is 0.714. The van der Waals surface area contributed by atoms with Crippen molar-refractivity contribution in [2.75, 3.05) is 0 Å². The van der Waals surface area contributed by atoms with Crippen LogP contribution in [0.3, 0.4) is 0 Å². The van der Waals surface area contributed by atoms with E-state index in [9.17, 15) is 0 Å². The van der Waals surface area contributed by atoms with Gasteiger partial charge in [0, 0.05) is 0 Å². The zero-order chi connectivity index (χ0) is 25.0. The third-order valence-corrected chi connectivity index (χ3v) is 16.8. The fourth-order valence-corrected chi connectivity index (χ4v) is 14.3. The summed E-state index contributed by atoms with van der Waals surface area (Å²) in [5.74, 6) is 3.55. The molecule has 200 valence electrons. The molecule has 0 fully saturated rings. The van der Waals surface area contributed by atoms with Gasteiger partial charge in [0.1, 0.15) is 0 Å². The van der Waals surface area contributed by atoms with E-state index in [0.717, 1.165) is 23.7 Å². The van der Waals surface area contributed by atoms with E-state index in [2.05, 4.69) is 55.4 Å². The van der Waals surface area contributed by atoms with Gasteiger partial charge < -0.3 is 0 Å². The van der Waals surface area contributed by atoms with Crippen molar-refractivity contribution in [3.05, 3.63) is 0 Å². The Labute approximate surface area is 216 Å². The predicted octanol–water partition coefficient (Wildman–Crippen LogP) is 12.7. The molecule has 0 bridgehead atoms. The first-order valence-corrected chi connectivity index (χ1v) is 20.1. The second-order valence-electron chi connectivity index (χ2n) is 13.5. The van der Waals surface area contributed by atoms with Crippen molar-refractivity contribution in [1.29, 1.82) is 0 Å². The Balaban J connectivity index is 4.87. The Kier molecular flexibility index (Phi) is 22.4. The number of rotatable bonds is 24. The molecule has 0 aromatic carbocycles. The molecule has 0 spiro atoms. The Morgan fingerprint density at radius 1 is 0.303 bits per heavy atom. The van der Waals surface area contributed by atoms with Crippen molar-refractivity contribution in [2.45, 2.75) is 177 Å². The van der Waals surface area contributed by atoms with Gasteiger partial charge in [-0.15, -0.1) is 0 Å². The van der Waals surface area contributed by atoms with Crippen LogP contribution in [0.2, 0.25) is 18.9 Å². The normalized spacial score (nSPS) is 12.7. The molecule has 0 aromatic rings. The summed E-state index contributed by atoms with van der Waals surface area (Å²) in [7, 11) is 0. The molecule has 0 saturated heterocycles. The van der Waals surface area contributed by atoms with E-state index >= 15 is 0 Å². The summed E-state index contributed by atoms with van der Waals surface area (Å²) in [6, 6.07) is 0. The van der Waals surface area contributed by atoms with E-state index in [1.165, 1.54) is 77.0 Å². The quantitative estimate of drug-likeness (QED) is 0.0913. The SMILES string of the molecule is CC(C)CCCC[CH2][Ti]([CH2]CCCCC(C)C)([CH2]CCCCC(C)C)[CH2]CCCCC(C)C. The van der Waals surface area contributed by atoms with Crippen LogP contribution >= 0.6 is 0 Å². The van der Waals surface area contributed by atoms with Gasteiger partial charge in [-0.2, -0.15) is 0 Å². The summed E-state index contributed by atoms with van der Waals surface area (Å²) in [4.78, 5) is 0. The molecule has 0 saturated carbocycles. The molecule has 1 heteroatoms. The second-order valence-corrected chi connectivity index (χ2v) is 21.3. The Morgan fingerprint density at radius 3 is 0.697 bits per heavy atom. The van der Waals surface area contributed by atoms with Crippen LogP contribution in [0, 0.1) is 23.7 Å². The van der Waals surface area contributed by atoms with E-state index in [-0.39, 0.29) is 0 Å². The molecule has 0 radical (unpaired) electrons. The van der Waals surface area contributed by atoms with Gasteiger partial charge in [0.2, 0.25) is 0 Å². The Bertz CT molecular complexity index is 318. The average molecular weight is 501 g/mol. The molecule has 0 nitrogen and oxygen atoms in total. The van der Waals surface area contributed by atoms with Crippen molar-refractivity contribution in [2.24, 2.45) is 23.7 Å².